The van der Waals surface area contributed by atoms with Gasteiger partial charge in [0, 0.05) is 0 Å². The highest BCUT2D eigenvalue weighted by Crippen LogP contribution is 2.20. The van der Waals surface area contributed by atoms with Crippen molar-refractivity contribution in [3.63, 3.8) is 0 Å². The molecule has 1 rings (SSSR count). The van der Waals surface area contributed by atoms with E-state index in [-0.39, 0.29) is 21.4 Å². The predicted molar refractivity (Wildman–Crippen MR) is 67.6 cm³/mol. The van der Waals surface area contributed by atoms with Crippen molar-refractivity contribution in [1.82, 2.24) is 0 Å². The van der Waals surface area contributed by atoms with Gasteiger partial charge in [-0.2, -0.15) is 0 Å². The highest BCUT2D eigenvalue weighted by Gasteiger charge is 2.11. The van der Waals surface area contributed by atoms with Crippen LogP contribution in [0.3, 0.4) is 0 Å². The molecular weight excluding hydrogens is 304 g/mol. The second kappa shape index (κ2) is 7.27. The van der Waals surface area contributed by atoms with Gasteiger partial charge in [0.2, 0.25) is 0 Å². The summed E-state index contributed by atoms with van der Waals surface area (Å²) in [5, 5.41) is 0. The third kappa shape index (κ3) is 6.94. The first-order valence-corrected chi connectivity index (χ1v) is 11.9. The van der Waals surface area contributed by atoms with Crippen molar-refractivity contribution in [3.05, 3.63) is 35.9 Å². The number of hydrogen-bond acceptors (Lipinski definition) is 0. The summed E-state index contributed by atoms with van der Waals surface area (Å²) in [5.41, 5.74) is 1.60. The van der Waals surface area contributed by atoms with Crippen LogP contribution in [0.25, 0.3) is 0 Å². The zero-order chi connectivity index (χ0) is 10.3. The summed E-state index contributed by atoms with van der Waals surface area (Å²) >= 11 is 6.44. The van der Waals surface area contributed by atoms with Gasteiger partial charge in [0.15, 0.2) is 0 Å². The van der Waals surface area contributed by atoms with Crippen LogP contribution < -0.4 is 0 Å². The van der Waals surface area contributed by atoms with E-state index >= 15 is 0 Å². The first kappa shape index (κ1) is 13.9. The summed E-state index contributed by atoms with van der Waals surface area (Å²) in [5.74, 6) is 0. The van der Waals surface area contributed by atoms with Crippen LogP contribution in [0.15, 0.2) is 24.3 Å². The first-order valence-electron chi connectivity index (χ1n) is 4.11. The van der Waals surface area contributed by atoms with Crippen molar-refractivity contribution in [3.8, 4) is 0 Å². The normalized spacial score (nSPS) is 9.62. The van der Waals surface area contributed by atoms with E-state index in [1.165, 1.54) is 5.56 Å². The third-order valence-corrected chi connectivity index (χ3v) is 1.57. The lowest BCUT2D eigenvalue weighted by atomic mass is 9.87. The number of halogens is 2. The van der Waals surface area contributed by atoms with Crippen molar-refractivity contribution < 1.29 is 0 Å². The van der Waals surface area contributed by atoms with Crippen LogP contribution in [0.5, 0.6) is 0 Å². The Morgan fingerprint density at radius 3 is 2.08 bits per heavy atom. The van der Waals surface area contributed by atoms with Crippen LogP contribution in [0.4, 0.5) is 0 Å². The molecule has 0 amide bonds. The van der Waals surface area contributed by atoms with Crippen molar-refractivity contribution >= 4 is 41.8 Å². The molecule has 0 bridgehead atoms. The van der Waals surface area contributed by atoms with Crippen molar-refractivity contribution in [1.29, 1.82) is 0 Å². The zero-order valence-electron chi connectivity index (χ0n) is 8.27. The zero-order valence-corrected chi connectivity index (χ0v) is 12.9. The monoisotopic (exact) mass is 315 g/mol. The molecule has 0 N–H and O–H groups in total. The van der Waals surface area contributed by atoms with Crippen LogP contribution in [-0.4, -0.2) is 16.0 Å². The molecule has 0 aliphatic carbocycles. The van der Waals surface area contributed by atoms with Gasteiger partial charge >= 0.3 is 16.0 Å². The Kier molecular flexibility index (Phi) is 7.79. The number of benzene rings is 1. The number of rotatable bonds is 0. The lowest BCUT2D eigenvalue weighted by Gasteiger charge is -2.17. The Balaban J connectivity index is 0.000000424. The molecule has 0 heterocycles. The number of hydrogen-bond donors (Lipinski definition) is 0. The fourth-order valence-electron chi connectivity index (χ4n) is 0.860. The maximum absolute atomic E-state index is 3.20. The smallest absolute Gasteiger partial charge is 0.280 e. The fourth-order valence-corrected chi connectivity index (χ4v) is 0.860. The van der Waals surface area contributed by atoms with Gasteiger partial charge in [-0.15, -0.1) is 0 Å². The van der Waals surface area contributed by atoms with Crippen LogP contribution >= 0.6 is 25.8 Å². The van der Waals surface area contributed by atoms with Gasteiger partial charge in [-0.3, -0.25) is 25.8 Å². The van der Waals surface area contributed by atoms with Gasteiger partial charge in [-0.1, -0.05) is 45.0 Å². The largest absolute Gasteiger partial charge is 0.560 e. The van der Waals surface area contributed by atoms with Crippen molar-refractivity contribution in [2.75, 3.05) is 0 Å². The maximum atomic E-state index is 3.20. The van der Waals surface area contributed by atoms with E-state index in [9.17, 15) is 0 Å². The highest BCUT2D eigenvalue weighted by molar-refractivity contribution is 9.47. The van der Waals surface area contributed by atoms with Crippen LogP contribution in [-0.2, 0) is 5.41 Å². The summed E-state index contributed by atoms with van der Waals surface area (Å²) < 4.78 is 0. The molecule has 0 aromatic heterocycles. The third-order valence-electron chi connectivity index (χ3n) is 1.57. The Morgan fingerprint density at radius 2 is 1.85 bits per heavy atom. The fraction of sp³-hybridized carbons (Fsp3) is 0.400. The Hall–Kier alpha value is 0.946. The molecule has 0 saturated carbocycles. The molecule has 0 aliphatic rings. The van der Waals surface area contributed by atoms with Crippen LogP contribution in [0, 0.1) is 6.07 Å². The van der Waals surface area contributed by atoms with Gasteiger partial charge in [0.25, 0.3) is 0 Å². The summed E-state index contributed by atoms with van der Waals surface area (Å²) in [6.07, 6.45) is 0. The first-order chi connectivity index (χ1) is 6.02. The van der Waals surface area contributed by atoms with Gasteiger partial charge < -0.3 is 0 Å². The molecule has 1 radical (unpaired) electrons. The maximum Gasteiger partial charge on any atom is 0.560 e. The Bertz CT molecular complexity index is 216. The molecule has 1 aromatic carbocycles. The van der Waals surface area contributed by atoms with Crippen molar-refractivity contribution in [2.24, 2.45) is 0 Å². The molecule has 1 aromatic rings. The minimum absolute atomic E-state index is 0.0417. The van der Waals surface area contributed by atoms with E-state index < -0.39 is 0 Å². The van der Waals surface area contributed by atoms with E-state index in [0.717, 1.165) is 0 Å². The predicted octanol–water partition coefficient (Wildman–Crippen LogP) is 4.09. The van der Waals surface area contributed by atoms with Crippen molar-refractivity contribution in [2.45, 2.75) is 26.2 Å². The second-order valence-corrected chi connectivity index (χ2v) is 11.7. The second-order valence-electron chi connectivity index (χ2n) is 3.64. The van der Waals surface area contributed by atoms with Crippen LogP contribution in [0.2, 0.25) is 0 Å². The molecule has 0 unspecified atom stereocenters. The Morgan fingerprint density at radius 1 is 1.31 bits per heavy atom. The van der Waals surface area contributed by atoms with E-state index in [1.54, 1.807) is 0 Å². The minimum atomic E-state index is 0.0417. The van der Waals surface area contributed by atoms with Gasteiger partial charge in [-0.25, -0.2) is 0 Å². The standard InChI is InChI=1S/C10H13.2BrH.Mg/c1-10(2,3)9-7-5-4-6-8-9;;;/h4-5,7-8H,1-3H3;2*1H;/q;;;+2/p-2. The van der Waals surface area contributed by atoms with E-state index in [2.05, 4.69) is 58.7 Å². The van der Waals surface area contributed by atoms with E-state index in [0.29, 0.717) is 0 Å². The molecule has 3 heteroatoms. The molecule has 13 heavy (non-hydrogen) atoms. The minimum Gasteiger partial charge on any atom is -0.280 e. The molecule has 0 saturated heterocycles. The quantitative estimate of drug-likeness (QED) is 0.632. The summed E-state index contributed by atoms with van der Waals surface area (Å²) in [6, 6.07) is 11.2. The topological polar surface area (TPSA) is 0 Å². The SMILES string of the molecule is CC(C)(C)c1c[c]ccc1.[Br][Mg][Br]. The average Bonchev–Trinajstić information content (AvgIpc) is 2.06. The van der Waals surface area contributed by atoms with Crippen LogP contribution in [0.1, 0.15) is 26.3 Å². The molecule has 0 spiro atoms. The lowest BCUT2D eigenvalue weighted by molar-refractivity contribution is 0.590. The van der Waals surface area contributed by atoms with Gasteiger partial charge in [-0.05, 0) is 17.0 Å². The van der Waals surface area contributed by atoms with E-state index in [4.69, 9.17) is 0 Å². The average molecular weight is 317 g/mol. The lowest BCUT2D eigenvalue weighted by Crippen LogP contribution is -2.10. The summed E-state index contributed by atoms with van der Waals surface area (Å²) in [7, 11) is 0. The molecule has 0 aliphatic heterocycles. The highest BCUT2D eigenvalue weighted by atomic mass is 79.9. The Labute approximate surface area is 103 Å². The van der Waals surface area contributed by atoms with Gasteiger partial charge in [0.1, 0.15) is 0 Å². The molecule has 0 fully saturated rings. The molecule has 0 atom stereocenters. The molecule has 69 valence electrons. The summed E-state index contributed by atoms with van der Waals surface area (Å²) in [4.78, 5) is 0. The van der Waals surface area contributed by atoms with Gasteiger partial charge in [0.05, 0.1) is 0 Å². The molecular formula is C10H13Br2Mg. The van der Waals surface area contributed by atoms with E-state index in [1.807, 2.05) is 18.2 Å². The summed E-state index contributed by atoms with van der Waals surface area (Å²) in [6.45, 7) is 6.61. The molecule has 0 nitrogen and oxygen atoms in total.